The molecule has 0 bridgehead atoms. The van der Waals surface area contributed by atoms with Crippen molar-refractivity contribution in [1.29, 1.82) is 0 Å². The molecule has 182 valence electrons. The van der Waals surface area contributed by atoms with E-state index in [1.165, 1.54) is 6.42 Å². The highest BCUT2D eigenvalue weighted by Crippen LogP contribution is 2.46. The fraction of sp³-hybridized carbons (Fsp3) is 0.290. The van der Waals surface area contributed by atoms with Gasteiger partial charge in [-0.1, -0.05) is 86.0 Å². The minimum Gasteiger partial charge on any atom is -0.354 e. The average Bonchev–Trinajstić information content (AvgIpc) is 3.44. The summed E-state index contributed by atoms with van der Waals surface area (Å²) in [7, 11) is 0. The first-order valence-corrected chi connectivity index (χ1v) is 13.0. The molecule has 2 N–H and O–H groups in total. The van der Waals surface area contributed by atoms with Crippen LogP contribution in [-0.4, -0.2) is 33.8 Å². The maximum Gasteiger partial charge on any atom is 0.255 e. The van der Waals surface area contributed by atoms with Gasteiger partial charge in [-0.25, -0.2) is 0 Å². The molecule has 3 aromatic carbocycles. The topological polar surface area (TPSA) is 65.2 Å². The van der Waals surface area contributed by atoms with E-state index in [-0.39, 0.29) is 23.9 Å². The molecule has 2 amide bonds. The molecule has 2 atom stereocenters. The second-order valence-corrected chi connectivity index (χ2v) is 10.0. The summed E-state index contributed by atoms with van der Waals surface area (Å²) in [5.74, 6) is -0.166. The van der Waals surface area contributed by atoms with Crippen molar-refractivity contribution in [2.24, 2.45) is 0 Å². The summed E-state index contributed by atoms with van der Waals surface area (Å²) in [5, 5.41) is 4.32. The average molecular weight is 478 g/mol. The number of rotatable bonds is 5. The highest BCUT2D eigenvalue weighted by molar-refractivity contribution is 6.04. The molecule has 4 aromatic rings. The molecule has 1 aliphatic carbocycles. The first-order valence-electron chi connectivity index (χ1n) is 13.0. The number of hydrogen-bond acceptors (Lipinski definition) is 2. The van der Waals surface area contributed by atoms with Crippen LogP contribution in [0.3, 0.4) is 0 Å². The Hall–Kier alpha value is -3.86. The molecule has 1 fully saturated rings. The molecule has 6 rings (SSSR count). The fourth-order valence-corrected chi connectivity index (χ4v) is 6.01. The molecule has 0 radical (unpaired) electrons. The van der Waals surface area contributed by atoms with Gasteiger partial charge in [0.25, 0.3) is 5.91 Å². The van der Waals surface area contributed by atoms with Crippen molar-refractivity contribution in [3.8, 4) is 11.3 Å². The lowest BCUT2D eigenvalue weighted by Crippen LogP contribution is -2.50. The van der Waals surface area contributed by atoms with Gasteiger partial charge in [-0.15, -0.1) is 0 Å². The standard InChI is InChI=1S/C31H31N3O2/c1-20(30(35)32-22-14-6-3-7-15-22)34-29(23-16-8-9-17-24(23)31(34)36)27-25-18-10-11-19-26(25)33-28(27)21-12-4-2-5-13-21/h2,4-5,8-13,16-20,22,29,33H,3,6-7,14-15H2,1H3,(H,32,35). The first-order chi connectivity index (χ1) is 17.6. The normalized spacial score (nSPS) is 18.9. The lowest BCUT2D eigenvalue weighted by Gasteiger charge is -2.33. The van der Waals surface area contributed by atoms with Gasteiger partial charge >= 0.3 is 0 Å². The number of hydrogen-bond donors (Lipinski definition) is 2. The van der Waals surface area contributed by atoms with Gasteiger partial charge in [-0.3, -0.25) is 9.59 Å². The van der Waals surface area contributed by atoms with E-state index in [0.717, 1.165) is 59.0 Å². The first kappa shape index (κ1) is 22.6. The number of fused-ring (bicyclic) bond motifs is 2. The monoisotopic (exact) mass is 477 g/mol. The van der Waals surface area contributed by atoms with Crippen molar-refractivity contribution in [1.82, 2.24) is 15.2 Å². The minimum atomic E-state index is -0.603. The Labute approximate surface area is 211 Å². The van der Waals surface area contributed by atoms with Crippen LogP contribution in [0, 0.1) is 0 Å². The van der Waals surface area contributed by atoms with E-state index in [2.05, 4.69) is 34.6 Å². The third-order valence-electron chi connectivity index (χ3n) is 7.83. The Morgan fingerprint density at radius 2 is 1.61 bits per heavy atom. The van der Waals surface area contributed by atoms with Crippen LogP contribution in [-0.2, 0) is 4.79 Å². The number of carbonyl (C=O) groups is 2. The molecule has 0 saturated heterocycles. The number of aromatic nitrogens is 1. The molecule has 2 unspecified atom stereocenters. The van der Waals surface area contributed by atoms with Crippen molar-refractivity contribution >= 4 is 22.7 Å². The second-order valence-electron chi connectivity index (χ2n) is 10.0. The molecule has 5 nitrogen and oxygen atoms in total. The van der Waals surface area contributed by atoms with Crippen LogP contribution in [0.15, 0.2) is 78.9 Å². The number of H-pyrrole nitrogens is 1. The summed E-state index contributed by atoms with van der Waals surface area (Å²) < 4.78 is 0. The third-order valence-corrected chi connectivity index (χ3v) is 7.83. The highest BCUT2D eigenvalue weighted by Gasteiger charge is 2.44. The van der Waals surface area contributed by atoms with Crippen LogP contribution in [0.25, 0.3) is 22.2 Å². The number of para-hydroxylation sites is 1. The maximum absolute atomic E-state index is 13.9. The summed E-state index contributed by atoms with van der Waals surface area (Å²) in [6.07, 6.45) is 5.54. The van der Waals surface area contributed by atoms with Gasteiger partial charge in [-0.05, 0) is 43.0 Å². The van der Waals surface area contributed by atoms with Crippen LogP contribution in [0.5, 0.6) is 0 Å². The zero-order valence-corrected chi connectivity index (χ0v) is 20.5. The molecular weight excluding hydrogens is 446 g/mol. The lowest BCUT2D eigenvalue weighted by molar-refractivity contribution is -0.126. The summed E-state index contributed by atoms with van der Waals surface area (Å²) in [6, 6.07) is 25.4. The van der Waals surface area contributed by atoms with Gasteiger partial charge in [0.05, 0.1) is 11.7 Å². The molecule has 2 heterocycles. The Balaban J connectivity index is 1.49. The molecule has 2 aliphatic rings. The van der Waals surface area contributed by atoms with Gasteiger partial charge in [0.15, 0.2) is 0 Å². The maximum atomic E-state index is 13.9. The summed E-state index contributed by atoms with van der Waals surface area (Å²) in [5.41, 5.74) is 5.71. The molecular formula is C31H31N3O2. The van der Waals surface area contributed by atoms with Crippen molar-refractivity contribution in [2.45, 2.75) is 57.2 Å². The molecule has 5 heteroatoms. The summed E-state index contributed by atoms with van der Waals surface area (Å²) in [6.45, 7) is 1.87. The number of carbonyl (C=O) groups excluding carboxylic acids is 2. The van der Waals surface area contributed by atoms with Crippen LogP contribution in [0.2, 0.25) is 0 Å². The number of amides is 2. The van der Waals surface area contributed by atoms with E-state index in [9.17, 15) is 9.59 Å². The molecule has 1 saturated carbocycles. The summed E-state index contributed by atoms with van der Waals surface area (Å²) >= 11 is 0. The van der Waals surface area contributed by atoms with E-state index >= 15 is 0 Å². The predicted molar refractivity (Wildman–Crippen MR) is 143 cm³/mol. The Morgan fingerprint density at radius 1 is 0.917 bits per heavy atom. The number of nitrogens with one attached hydrogen (secondary N) is 2. The molecule has 1 aromatic heterocycles. The van der Waals surface area contributed by atoms with Crippen molar-refractivity contribution in [3.63, 3.8) is 0 Å². The van der Waals surface area contributed by atoms with E-state index in [1.807, 2.05) is 61.5 Å². The van der Waals surface area contributed by atoms with Gasteiger partial charge in [-0.2, -0.15) is 0 Å². The molecule has 1 aliphatic heterocycles. The number of nitrogens with zero attached hydrogens (tertiary/aromatic N) is 1. The Kier molecular flexibility index (Phi) is 5.84. The Bertz CT molecular complexity index is 1420. The predicted octanol–water partition coefficient (Wildman–Crippen LogP) is 6.22. The van der Waals surface area contributed by atoms with Crippen molar-refractivity contribution in [2.75, 3.05) is 0 Å². The lowest BCUT2D eigenvalue weighted by atomic mass is 9.92. The van der Waals surface area contributed by atoms with Crippen molar-refractivity contribution < 1.29 is 9.59 Å². The van der Waals surface area contributed by atoms with E-state index in [1.54, 1.807) is 4.90 Å². The van der Waals surface area contributed by atoms with E-state index < -0.39 is 6.04 Å². The smallest absolute Gasteiger partial charge is 0.255 e. The van der Waals surface area contributed by atoms with Crippen LogP contribution in [0.1, 0.15) is 66.6 Å². The largest absolute Gasteiger partial charge is 0.354 e. The number of benzene rings is 3. The third kappa shape index (κ3) is 3.79. The van der Waals surface area contributed by atoms with Crippen LogP contribution < -0.4 is 5.32 Å². The van der Waals surface area contributed by atoms with E-state index in [0.29, 0.717) is 5.56 Å². The van der Waals surface area contributed by atoms with Gasteiger partial charge in [0, 0.05) is 28.1 Å². The van der Waals surface area contributed by atoms with Crippen LogP contribution >= 0.6 is 0 Å². The quantitative estimate of drug-likeness (QED) is 0.358. The minimum absolute atomic E-state index is 0.0749. The molecule has 0 spiro atoms. The van der Waals surface area contributed by atoms with Crippen LogP contribution in [0.4, 0.5) is 0 Å². The van der Waals surface area contributed by atoms with Gasteiger partial charge < -0.3 is 15.2 Å². The van der Waals surface area contributed by atoms with Gasteiger partial charge in [0.2, 0.25) is 5.91 Å². The fourth-order valence-electron chi connectivity index (χ4n) is 6.01. The van der Waals surface area contributed by atoms with Gasteiger partial charge in [0.1, 0.15) is 6.04 Å². The number of aromatic amines is 1. The summed E-state index contributed by atoms with van der Waals surface area (Å²) in [4.78, 5) is 32.8. The highest BCUT2D eigenvalue weighted by atomic mass is 16.2. The van der Waals surface area contributed by atoms with Crippen molar-refractivity contribution in [3.05, 3.63) is 95.6 Å². The SMILES string of the molecule is CC(C(=O)NC1CCCCC1)N1C(=O)c2ccccc2C1c1c(-c2ccccc2)[nH]c2ccccc12. The zero-order chi connectivity index (χ0) is 24.6. The van der Waals surface area contributed by atoms with E-state index in [4.69, 9.17) is 0 Å². The zero-order valence-electron chi connectivity index (χ0n) is 20.5. The molecule has 36 heavy (non-hydrogen) atoms. The Morgan fingerprint density at radius 3 is 2.42 bits per heavy atom. The second kappa shape index (κ2) is 9.30.